The van der Waals surface area contributed by atoms with Gasteiger partial charge in [-0.2, -0.15) is 0 Å². The van der Waals surface area contributed by atoms with E-state index in [-0.39, 0.29) is 51.6 Å². The third-order valence-electron chi connectivity index (χ3n) is 18.6. The first-order valence-corrected chi connectivity index (χ1v) is 23.1. The number of carbonyl (C=O) groups is 1. The Morgan fingerprint density at radius 2 is 1.32 bits per heavy atom. The monoisotopic (exact) mass is 882 g/mol. The van der Waals surface area contributed by atoms with Crippen LogP contribution in [0.25, 0.3) is 0 Å². The summed E-state index contributed by atoms with van der Waals surface area (Å²) in [5.74, 6) is 0.0164. The van der Waals surface area contributed by atoms with Crippen LogP contribution in [0.4, 0.5) is 0 Å². The molecule has 3 heterocycles. The third-order valence-corrected chi connectivity index (χ3v) is 18.6. The number of carboxylic acids is 1. The van der Waals surface area contributed by atoms with E-state index >= 15 is 0 Å². The smallest absolute Gasteiger partial charge is 0.310 e. The molecule has 9 N–H and O–H groups in total. The first-order valence-electron chi connectivity index (χ1n) is 23.1. The largest absolute Gasteiger partial charge is 0.481 e. The number of rotatable bonds is 8. The highest BCUT2D eigenvalue weighted by molar-refractivity contribution is 5.76. The summed E-state index contributed by atoms with van der Waals surface area (Å²) in [5, 5.41) is 96.2. The summed E-state index contributed by atoms with van der Waals surface area (Å²) in [5.41, 5.74) is 0.204. The molecule has 16 nitrogen and oxygen atoms in total. The molecule has 354 valence electrons. The molecule has 0 amide bonds. The summed E-state index contributed by atoms with van der Waals surface area (Å²) in [7, 11) is 0. The van der Waals surface area contributed by atoms with Crippen molar-refractivity contribution in [2.75, 3.05) is 19.8 Å². The predicted molar refractivity (Wildman–Crippen MR) is 219 cm³/mol. The fourth-order valence-electron chi connectivity index (χ4n) is 14.6. The lowest BCUT2D eigenvalue weighted by Gasteiger charge is -2.71. The molecular formula is C46H74O16. The molecular weight excluding hydrogens is 808 g/mol. The number of hydrogen-bond donors (Lipinski definition) is 9. The van der Waals surface area contributed by atoms with Crippen molar-refractivity contribution < 1.29 is 79.2 Å². The van der Waals surface area contributed by atoms with Gasteiger partial charge >= 0.3 is 5.97 Å². The lowest BCUT2D eigenvalue weighted by Crippen LogP contribution is -2.66. The molecule has 8 rings (SSSR count). The van der Waals surface area contributed by atoms with Crippen LogP contribution in [0, 0.1) is 50.2 Å². The molecule has 0 bridgehead atoms. The molecule has 0 radical (unpaired) electrons. The van der Waals surface area contributed by atoms with Crippen LogP contribution in [0.2, 0.25) is 0 Å². The molecule has 0 aromatic rings. The summed E-state index contributed by atoms with van der Waals surface area (Å²) in [6.45, 7) is 15.0. The quantitative estimate of drug-likeness (QED) is 0.125. The number of aliphatic hydroxyl groups excluding tert-OH is 8. The molecule has 62 heavy (non-hydrogen) atoms. The molecule has 3 saturated heterocycles. The van der Waals surface area contributed by atoms with Crippen molar-refractivity contribution in [2.24, 2.45) is 50.2 Å². The highest BCUT2D eigenvalue weighted by Crippen LogP contribution is 2.76. The van der Waals surface area contributed by atoms with Crippen molar-refractivity contribution >= 4 is 5.97 Å². The Hall–Kier alpha value is -1.35. The maximum absolute atomic E-state index is 13.1. The fraction of sp³-hybridized carbons (Fsp3) is 0.935. The minimum Gasteiger partial charge on any atom is -0.481 e. The summed E-state index contributed by atoms with van der Waals surface area (Å²) in [6, 6.07) is 0. The van der Waals surface area contributed by atoms with Gasteiger partial charge in [0, 0.05) is 0 Å². The van der Waals surface area contributed by atoms with E-state index in [0.717, 1.165) is 51.4 Å². The molecule has 4 saturated carbocycles. The van der Waals surface area contributed by atoms with Gasteiger partial charge in [0.05, 0.1) is 31.3 Å². The summed E-state index contributed by atoms with van der Waals surface area (Å²) in [4.78, 5) is 13.1. The molecule has 0 spiro atoms. The van der Waals surface area contributed by atoms with Crippen LogP contribution >= 0.6 is 0 Å². The fourth-order valence-corrected chi connectivity index (χ4v) is 14.6. The average molecular weight is 883 g/mol. The zero-order valence-corrected chi connectivity index (χ0v) is 37.5. The number of allylic oxidation sites excluding steroid dienone is 2. The minimum atomic E-state index is -1.72. The van der Waals surface area contributed by atoms with Crippen LogP contribution in [0.1, 0.15) is 113 Å². The second kappa shape index (κ2) is 16.5. The van der Waals surface area contributed by atoms with Gasteiger partial charge in [-0.15, -0.1) is 0 Å². The van der Waals surface area contributed by atoms with Gasteiger partial charge in [0.2, 0.25) is 0 Å². The Morgan fingerprint density at radius 1 is 0.694 bits per heavy atom. The lowest BCUT2D eigenvalue weighted by molar-refractivity contribution is -0.377. The molecule has 5 aliphatic carbocycles. The van der Waals surface area contributed by atoms with E-state index in [1.54, 1.807) is 0 Å². The van der Waals surface area contributed by atoms with Gasteiger partial charge in [-0.25, -0.2) is 0 Å². The zero-order chi connectivity index (χ0) is 45.1. The van der Waals surface area contributed by atoms with E-state index in [1.165, 1.54) is 5.57 Å². The van der Waals surface area contributed by atoms with Gasteiger partial charge in [-0.05, 0) is 109 Å². The highest BCUT2D eigenvalue weighted by Gasteiger charge is 2.70. The second-order valence-corrected chi connectivity index (χ2v) is 22.6. The van der Waals surface area contributed by atoms with Gasteiger partial charge < -0.3 is 74.4 Å². The molecule has 8 aliphatic rings. The van der Waals surface area contributed by atoms with Gasteiger partial charge in [0.25, 0.3) is 0 Å². The van der Waals surface area contributed by atoms with Crippen molar-refractivity contribution in [3.63, 3.8) is 0 Å². The molecule has 7 fully saturated rings. The normalized spacial score (nSPS) is 53.6. The Labute approximate surface area is 364 Å². The number of hydrogen-bond acceptors (Lipinski definition) is 15. The Balaban J connectivity index is 0.970. The maximum Gasteiger partial charge on any atom is 0.310 e. The molecule has 16 heteroatoms. The molecule has 0 aromatic carbocycles. The molecule has 0 unspecified atom stereocenters. The van der Waals surface area contributed by atoms with E-state index in [1.807, 2.05) is 0 Å². The van der Waals surface area contributed by atoms with Crippen molar-refractivity contribution in [3.8, 4) is 0 Å². The molecule has 0 aromatic heterocycles. The van der Waals surface area contributed by atoms with Gasteiger partial charge in [0.15, 0.2) is 18.9 Å². The van der Waals surface area contributed by atoms with E-state index < -0.39 is 105 Å². The average Bonchev–Trinajstić information content (AvgIpc) is 3.21. The van der Waals surface area contributed by atoms with Crippen LogP contribution in [-0.2, 0) is 33.2 Å². The first kappa shape index (κ1) is 47.2. The van der Waals surface area contributed by atoms with Crippen LogP contribution < -0.4 is 0 Å². The lowest BCUT2D eigenvalue weighted by atomic mass is 9.33. The molecule has 3 aliphatic heterocycles. The Kier molecular flexibility index (Phi) is 12.5. The van der Waals surface area contributed by atoms with E-state index in [4.69, 9.17) is 28.4 Å². The van der Waals surface area contributed by atoms with Crippen LogP contribution in [-0.4, -0.2) is 158 Å². The van der Waals surface area contributed by atoms with Crippen molar-refractivity contribution in [1.29, 1.82) is 0 Å². The standard InChI is InChI=1S/C46H74O16/c1-41(2)14-16-46(40(55)56)17-15-44(6)22(23(46)18-41)8-9-28-43(5)12-11-29(42(3,4)27(43)10-13-45(28,44)7)60-38-34(54)32(52)35(26(19-47)59-38)61-39-36(31(51)25(49)21-58-39)62-37-33(53)30(50)24(48)20-57-37/h8,23-39,47-54H,9-21H2,1-7H3,(H,55,56)/t23-,24+,25+,26-,27+,28-,29+,30+,31+,32-,33-,34-,35-,36-,37+,38+,39+,43+,44-,45-,46+/m1/s1. The van der Waals surface area contributed by atoms with Crippen LogP contribution in [0.5, 0.6) is 0 Å². The van der Waals surface area contributed by atoms with Crippen molar-refractivity contribution in [2.45, 2.75) is 199 Å². The SMILES string of the molecule is CC1(C)CC[C@]2(C(=O)O)CC[C@]3(C)C(=CC[C@@H]4[C@@]5(C)CC[C@H](O[C@@H]6O[C@H](CO)[C@@H](O[C@@H]7OC[C@H](O)[C@H](O)[C@H]7O[C@@H]7OC[C@H](O)[C@H](O)[C@H]7O)[C@H](O)[C@H]6O)C(C)(C)[C@@H]5CC[C@]43C)[C@H]2C1. The minimum absolute atomic E-state index is 0.0261. The predicted octanol–water partition coefficient (Wildman–Crippen LogP) is 1.98. The Bertz CT molecular complexity index is 1690. The third kappa shape index (κ3) is 7.28. The number of carboxylic acid groups (broad SMARTS) is 1. The number of aliphatic hydroxyl groups is 8. The highest BCUT2D eigenvalue weighted by atomic mass is 16.8. The van der Waals surface area contributed by atoms with E-state index in [0.29, 0.717) is 18.8 Å². The van der Waals surface area contributed by atoms with Crippen molar-refractivity contribution in [1.82, 2.24) is 0 Å². The topological polar surface area (TPSA) is 255 Å². The molecule has 21 atom stereocenters. The summed E-state index contributed by atoms with van der Waals surface area (Å²) in [6.07, 6.45) is -9.09. The van der Waals surface area contributed by atoms with Gasteiger partial charge in [-0.3, -0.25) is 4.79 Å². The van der Waals surface area contributed by atoms with Crippen LogP contribution in [0.3, 0.4) is 0 Å². The Morgan fingerprint density at radius 3 is 2.00 bits per heavy atom. The summed E-state index contributed by atoms with van der Waals surface area (Å²) >= 11 is 0. The van der Waals surface area contributed by atoms with Gasteiger partial charge in [0.1, 0.15) is 61.0 Å². The van der Waals surface area contributed by atoms with Gasteiger partial charge in [-0.1, -0.05) is 60.1 Å². The summed E-state index contributed by atoms with van der Waals surface area (Å²) < 4.78 is 35.6. The zero-order valence-electron chi connectivity index (χ0n) is 37.5. The van der Waals surface area contributed by atoms with E-state index in [2.05, 4.69) is 54.5 Å². The number of aliphatic carboxylic acids is 1. The van der Waals surface area contributed by atoms with Crippen LogP contribution in [0.15, 0.2) is 11.6 Å². The number of fused-ring (bicyclic) bond motifs is 7. The second-order valence-electron chi connectivity index (χ2n) is 22.6. The first-order chi connectivity index (χ1) is 29.0. The van der Waals surface area contributed by atoms with Crippen molar-refractivity contribution in [3.05, 3.63) is 11.6 Å². The maximum atomic E-state index is 13.1. The van der Waals surface area contributed by atoms with E-state index in [9.17, 15) is 50.8 Å². The number of ether oxygens (including phenoxy) is 6.